The molecule has 0 radical (unpaired) electrons. The normalized spacial score (nSPS) is 20.0. The number of phenols is 1. The molecule has 3 N–H and O–H groups in total. The fraction of sp³-hybridized carbons (Fsp3) is 0.453. The Hall–Kier alpha value is -6.10. The Morgan fingerprint density at radius 2 is 1.59 bits per heavy atom. The highest BCUT2D eigenvalue weighted by Gasteiger charge is 2.45. The van der Waals surface area contributed by atoms with Crippen molar-refractivity contribution in [1.82, 2.24) is 10.4 Å². The maximum atomic E-state index is 13.4. The predicted octanol–water partition coefficient (Wildman–Crippen LogP) is 7.82. The number of para-hydroxylation sites is 1. The molecule has 16 heteroatoms. The maximum Gasteiger partial charge on any atom is 0.333 e. The monoisotopic (exact) mass is 965 g/mol. The van der Waals surface area contributed by atoms with Crippen molar-refractivity contribution in [3.8, 4) is 11.5 Å². The van der Waals surface area contributed by atoms with E-state index in [4.69, 9.17) is 14.3 Å². The predicted molar refractivity (Wildman–Crippen MR) is 261 cm³/mol. The number of amides is 3. The van der Waals surface area contributed by atoms with Gasteiger partial charge in [-0.15, -0.1) is 5.06 Å². The number of carbonyl (C=O) groups excluding carboxylic acids is 4. The zero-order valence-electron chi connectivity index (χ0n) is 40.9. The highest BCUT2D eigenvalue weighted by atomic mass is 32.2. The third-order valence-electron chi connectivity index (χ3n) is 14.1. The lowest BCUT2D eigenvalue weighted by Crippen LogP contribution is -2.51. The third kappa shape index (κ3) is 10.3. The van der Waals surface area contributed by atoms with Crippen LogP contribution in [0.2, 0.25) is 0 Å². The van der Waals surface area contributed by atoms with Gasteiger partial charge >= 0.3 is 5.97 Å². The Kier molecular flexibility index (Phi) is 14.8. The number of ether oxygens (including phenoxy) is 2. The van der Waals surface area contributed by atoms with Crippen LogP contribution >= 0.6 is 0 Å². The molecule has 4 heterocycles. The first kappa shape index (κ1) is 50.8. The molecule has 3 aromatic carbocycles. The second-order valence-electron chi connectivity index (χ2n) is 19.5. The summed E-state index contributed by atoms with van der Waals surface area (Å²) in [5.41, 5.74) is 7.21. The van der Waals surface area contributed by atoms with Crippen LogP contribution in [0.15, 0.2) is 83.4 Å². The topological polar surface area (TPSA) is 192 Å². The summed E-state index contributed by atoms with van der Waals surface area (Å²) in [7, 11) is -4.44. The summed E-state index contributed by atoms with van der Waals surface area (Å²) in [4.78, 5) is 56.5. The lowest BCUT2D eigenvalue weighted by molar-refractivity contribution is -0.442. The van der Waals surface area contributed by atoms with E-state index in [1.165, 1.54) is 17.7 Å². The van der Waals surface area contributed by atoms with Gasteiger partial charge in [0.05, 0.1) is 16.9 Å². The molecule has 0 spiro atoms. The van der Waals surface area contributed by atoms with Crippen molar-refractivity contribution in [1.29, 1.82) is 0 Å². The number of anilines is 1. The van der Waals surface area contributed by atoms with E-state index in [0.29, 0.717) is 75.8 Å². The summed E-state index contributed by atoms with van der Waals surface area (Å²) in [6, 6.07) is 12.9. The Labute approximate surface area is 405 Å². The van der Waals surface area contributed by atoms with Crippen molar-refractivity contribution >= 4 is 50.9 Å². The van der Waals surface area contributed by atoms with E-state index < -0.39 is 38.9 Å². The van der Waals surface area contributed by atoms with Crippen molar-refractivity contribution < 1.29 is 56.1 Å². The molecule has 3 aromatic rings. The number of nitrogens with zero attached hydrogens (tertiary/aromatic N) is 3. The molecule has 1 atom stereocenters. The Bertz CT molecular complexity index is 2790. The summed E-state index contributed by atoms with van der Waals surface area (Å²) in [6.45, 7) is 18.1. The summed E-state index contributed by atoms with van der Waals surface area (Å²) in [5, 5.41) is 14.1. The van der Waals surface area contributed by atoms with Crippen LogP contribution in [0.25, 0.3) is 0 Å². The molecule has 1 unspecified atom stereocenters. The van der Waals surface area contributed by atoms with E-state index in [9.17, 15) is 37.3 Å². The van der Waals surface area contributed by atoms with Crippen molar-refractivity contribution in [3.05, 3.63) is 112 Å². The Morgan fingerprint density at radius 1 is 0.870 bits per heavy atom. The minimum Gasteiger partial charge on any atom is -0.507 e. The van der Waals surface area contributed by atoms with Crippen molar-refractivity contribution in [2.24, 2.45) is 0 Å². The number of nitrogens with one attached hydrogen (secondary N) is 1. The van der Waals surface area contributed by atoms with Gasteiger partial charge in [-0.05, 0) is 107 Å². The van der Waals surface area contributed by atoms with Gasteiger partial charge in [-0.2, -0.15) is 13.0 Å². The van der Waals surface area contributed by atoms with Crippen molar-refractivity contribution in [2.45, 2.75) is 128 Å². The summed E-state index contributed by atoms with van der Waals surface area (Å²) < 4.78 is 49.0. The van der Waals surface area contributed by atoms with Gasteiger partial charge in [0.25, 0.3) is 27.8 Å². The number of rotatable bonds is 18. The first-order valence-corrected chi connectivity index (χ1v) is 25.1. The van der Waals surface area contributed by atoms with Crippen molar-refractivity contribution in [3.63, 3.8) is 0 Å². The van der Waals surface area contributed by atoms with Crippen LogP contribution < -0.4 is 15.0 Å². The molecule has 69 heavy (non-hydrogen) atoms. The number of unbranched alkanes of at least 4 members (excludes halogenated alkanes) is 2. The number of allylic oxidation sites excluding steroid dienone is 6. The quantitative estimate of drug-likeness (QED) is 0.0369. The van der Waals surface area contributed by atoms with E-state index in [1.807, 2.05) is 78.0 Å². The first-order valence-electron chi connectivity index (χ1n) is 23.7. The number of hydroxylamine groups is 2. The van der Waals surface area contributed by atoms with Crippen LogP contribution in [0, 0.1) is 20.8 Å². The standard InChI is InChI=1S/C53H64N4O11S/c1-34-35(2)49-38(36(3)48(34)61)26-27-53(8,67-49)50(62)54-28-31-66-32-30-56-41-18-15-14-17-39(41)51(4,5)43(56)19-11-9-12-20-44-52(6,7)40-33-37(69(63,64)65)22-23-42(40)55(44)29-16-10-13-21-47(60)68-57-45(58)24-25-46(57)59/h9,11-12,14-15,17-20,22-23,33H,10,13,16,21,24-32H2,1-8H3,(H2-,54,61,62,63,64,65)/p+1. The second kappa shape index (κ2) is 20.1. The third-order valence-corrected chi connectivity index (χ3v) is 15.0. The number of hydrogen-bond donors (Lipinski definition) is 3. The number of hydrogen-bond acceptors (Lipinski definition) is 11. The molecule has 1 fully saturated rings. The van der Waals surface area contributed by atoms with Crippen LogP contribution in [0.1, 0.15) is 113 Å². The van der Waals surface area contributed by atoms with Crippen molar-refractivity contribution in [2.75, 3.05) is 37.7 Å². The van der Waals surface area contributed by atoms with E-state index in [2.05, 4.69) is 46.8 Å². The molecular formula is C53H65N4O11S+. The van der Waals surface area contributed by atoms with Gasteiger partial charge in [0, 0.05) is 78.8 Å². The molecule has 4 aliphatic rings. The van der Waals surface area contributed by atoms with Crippen LogP contribution in [-0.4, -0.2) is 95.6 Å². The van der Waals surface area contributed by atoms with E-state index in [1.54, 1.807) is 6.07 Å². The zero-order chi connectivity index (χ0) is 50.1. The number of fused-ring (bicyclic) bond motifs is 3. The average Bonchev–Trinajstić information content (AvgIpc) is 3.82. The fourth-order valence-electron chi connectivity index (χ4n) is 9.91. The van der Waals surface area contributed by atoms with Crippen LogP contribution in [0.5, 0.6) is 11.5 Å². The number of phenolic OH excluding ortho intramolecular Hbond substituents is 1. The molecule has 0 aliphatic carbocycles. The number of carbonyl (C=O) groups is 4. The Balaban J connectivity index is 0.995. The van der Waals surface area contributed by atoms with Gasteiger partial charge in [0.1, 0.15) is 18.1 Å². The number of aromatic hydroxyl groups is 1. The minimum absolute atomic E-state index is 0.0304. The second-order valence-corrected chi connectivity index (χ2v) is 20.9. The van der Waals surface area contributed by atoms with Crippen LogP contribution in [0.3, 0.4) is 0 Å². The average molecular weight is 966 g/mol. The molecule has 1 saturated heterocycles. The molecule has 3 amide bonds. The highest BCUT2D eigenvalue weighted by Crippen LogP contribution is 2.49. The molecular weight excluding hydrogens is 901 g/mol. The van der Waals surface area contributed by atoms with Gasteiger partial charge in [0.2, 0.25) is 5.69 Å². The van der Waals surface area contributed by atoms with Gasteiger partial charge in [-0.25, -0.2) is 4.79 Å². The molecule has 368 valence electrons. The molecule has 7 rings (SSSR count). The SMILES string of the molecule is Cc1c(C)c2c(c(C)c1O)CCC(C)(C(=O)NCCOCC[N+]1=C(/C=C/C=C/C=C3/N(CCCCCC(=O)ON4C(=O)CCC4=O)c4ccc(S(=O)(=O)O)cc4C3(C)C)C(C)(C)c3ccccc31)O2. The van der Waals surface area contributed by atoms with Crippen LogP contribution in [0.4, 0.5) is 11.4 Å². The lowest BCUT2D eigenvalue weighted by Gasteiger charge is -2.36. The highest BCUT2D eigenvalue weighted by molar-refractivity contribution is 7.85. The molecule has 15 nitrogen and oxygen atoms in total. The van der Waals surface area contributed by atoms with E-state index >= 15 is 0 Å². The van der Waals surface area contributed by atoms with E-state index in [0.717, 1.165) is 50.6 Å². The fourth-order valence-corrected chi connectivity index (χ4v) is 10.4. The van der Waals surface area contributed by atoms with Gasteiger partial charge in [-0.3, -0.25) is 18.9 Å². The van der Waals surface area contributed by atoms with Gasteiger partial charge in [0.15, 0.2) is 17.9 Å². The summed E-state index contributed by atoms with van der Waals surface area (Å²) >= 11 is 0. The minimum atomic E-state index is -4.44. The lowest BCUT2D eigenvalue weighted by atomic mass is 9.81. The first-order chi connectivity index (χ1) is 32.6. The number of imide groups is 1. The maximum absolute atomic E-state index is 13.4. The van der Waals surface area contributed by atoms with Gasteiger partial charge in [-0.1, -0.05) is 56.7 Å². The Morgan fingerprint density at radius 3 is 2.32 bits per heavy atom. The molecule has 0 aromatic heterocycles. The largest absolute Gasteiger partial charge is 0.507 e. The summed E-state index contributed by atoms with van der Waals surface area (Å²) in [6.07, 6.45) is 13.0. The number of benzene rings is 3. The summed E-state index contributed by atoms with van der Waals surface area (Å²) in [5.74, 6) is -0.926. The molecule has 0 bridgehead atoms. The molecule has 4 aliphatic heterocycles. The zero-order valence-corrected chi connectivity index (χ0v) is 41.8. The van der Waals surface area contributed by atoms with E-state index in [-0.39, 0.29) is 41.2 Å². The van der Waals surface area contributed by atoms with Crippen LogP contribution in [-0.2, 0) is 56.1 Å². The van der Waals surface area contributed by atoms with Gasteiger partial charge < -0.3 is 29.6 Å². The molecule has 0 saturated carbocycles. The smallest absolute Gasteiger partial charge is 0.333 e.